The molecule has 1 fully saturated rings. The minimum atomic E-state index is -0.115. The Morgan fingerprint density at radius 1 is 1.00 bits per heavy atom. The summed E-state index contributed by atoms with van der Waals surface area (Å²) in [6.07, 6.45) is 1.65. The van der Waals surface area contributed by atoms with E-state index >= 15 is 0 Å². The van der Waals surface area contributed by atoms with Crippen molar-refractivity contribution in [2.24, 2.45) is 0 Å². The number of fused-ring (bicyclic) bond motifs is 1. The van der Waals surface area contributed by atoms with Crippen molar-refractivity contribution in [2.75, 3.05) is 38.0 Å². The van der Waals surface area contributed by atoms with E-state index in [4.69, 9.17) is 11.6 Å². The zero-order valence-corrected chi connectivity index (χ0v) is 19.3. The summed E-state index contributed by atoms with van der Waals surface area (Å²) in [7, 11) is 0. The van der Waals surface area contributed by atoms with Gasteiger partial charge in [-0.1, -0.05) is 48.0 Å². The smallest absolute Gasteiger partial charge is 0.270 e. The van der Waals surface area contributed by atoms with E-state index in [2.05, 4.69) is 20.3 Å². The molecule has 0 bridgehead atoms. The maximum Gasteiger partial charge on any atom is 0.270 e. The van der Waals surface area contributed by atoms with E-state index in [1.807, 2.05) is 59.5 Å². The van der Waals surface area contributed by atoms with Crippen molar-refractivity contribution in [3.05, 3.63) is 83.1 Å². The van der Waals surface area contributed by atoms with Crippen LogP contribution in [0.5, 0.6) is 0 Å². The molecular formula is C25H25ClN6O2. The highest BCUT2D eigenvalue weighted by atomic mass is 35.5. The van der Waals surface area contributed by atoms with Gasteiger partial charge in [0.15, 0.2) is 0 Å². The number of aromatic amines is 1. The van der Waals surface area contributed by atoms with Crippen molar-refractivity contribution >= 4 is 40.1 Å². The van der Waals surface area contributed by atoms with Crippen LogP contribution in [0.2, 0.25) is 5.02 Å². The molecule has 4 aromatic rings. The summed E-state index contributed by atoms with van der Waals surface area (Å²) in [6.45, 7) is 3.15. The monoisotopic (exact) mass is 476 g/mol. The lowest BCUT2D eigenvalue weighted by atomic mass is 10.2. The molecule has 5 rings (SSSR count). The van der Waals surface area contributed by atoms with E-state index in [-0.39, 0.29) is 18.4 Å². The molecule has 34 heavy (non-hydrogen) atoms. The van der Waals surface area contributed by atoms with Crippen LogP contribution in [0, 0.1) is 0 Å². The first-order valence-corrected chi connectivity index (χ1v) is 11.6. The number of rotatable bonds is 6. The minimum absolute atomic E-state index is 0.0104. The molecule has 0 aliphatic carbocycles. The molecule has 0 unspecified atom stereocenters. The fourth-order valence-electron chi connectivity index (χ4n) is 4.21. The molecule has 2 N–H and O–H groups in total. The maximum absolute atomic E-state index is 12.9. The number of H-pyrrole nitrogens is 1. The van der Waals surface area contributed by atoms with Crippen LogP contribution < -0.4 is 5.32 Å². The van der Waals surface area contributed by atoms with Crippen molar-refractivity contribution in [1.82, 2.24) is 24.6 Å². The van der Waals surface area contributed by atoms with Gasteiger partial charge < -0.3 is 15.2 Å². The van der Waals surface area contributed by atoms with Gasteiger partial charge in [0.2, 0.25) is 5.91 Å². The lowest BCUT2D eigenvalue weighted by molar-refractivity contribution is -0.117. The highest BCUT2D eigenvalue weighted by molar-refractivity contribution is 6.31. The molecule has 3 heterocycles. The number of para-hydroxylation sites is 1. The summed E-state index contributed by atoms with van der Waals surface area (Å²) >= 11 is 6.26. The van der Waals surface area contributed by atoms with Gasteiger partial charge in [-0.3, -0.25) is 14.5 Å². The first-order chi connectivity index (χ1) is 16.6. The normalized spacial score (nSPS) is 14.4. The average molecular weight is 477 g/mol. The molecule has 0 atom stereocenters. The molecule has 8 nitrogen and oxygen atoms in total. The number of nitrogens with zero attached hydrogens (tertiary/aromatic N) is 4. The first-order valence-electron chi connectivity index (χ1n) is 11.2. The molecule has 2 aromatic heterocycles. The van der Waals surface area contributed by atoms with Gasteiger partial charge in [-0.25, -0.2) is 4.68 Å². The lowest BCUT2D eigenvalue weighted by Gasteiger charge is -2.34. The number of anilines is 1. The molecule has 1 saturated heterocycles. The molecule has 1 aliphatic rings. The summed E-state index contributed by atoms with van der Waals surface area (Å²) in [5, 5.41) is 8.94. The Balaban J connectivity index is 1.14. The van der Waals surface area contributed by atoms with E-state index in [1.165, 1.54) is 0 Å². The quantitative estimate of drug-likeness (QED) is 0.446. The molecule has 2 aromatic carbocycles. The lowest BCUT2D eigenvalue weighted by Crippen LogP contribution is -2.50. The number of hydrogen-bond donors (Lipinski definition) is 2. The van der Waals surface area contributed by atoms with Gasteiger partial charge in [-0.05, 0) is 23.8 Å². The Hall–Kier alpha value is -3.62. The second kappa shape index (κ2) is 9.70. The number of carbonyl (C=O) groups excluding carboxylic acids is 2. The fourth-order valence-corrected chi connectivity index (χ4v) is 4.40. The molecule has 9 heteroatoms. The van der Waals surface area contributed by atoms with Crippen LogP contribution in [0.4, 0.5) is 5.82 Å². The molecule has 174 valence electrons. The van der Waals surface area contributed by atoms with E-state index < -0.39 is 0 Å². The zero-order chi connectivity index (χ0) is 23.5. The number of nitrogens with one attached hydrogen (secondary N) is 2. The summed E-state index contributed by atoms with van der Waals surface area (Å²) in [4.78, 5) is 32.7. The third-order valence-corrected chi connectivity index (χ3v) is 6.42. The summed E-state index contributed by atoms with van der Waals surface area (Å²) < 4.78 is 1.72. The van der Waals surface area contributed by atoms with Crippen LogP contribution >= 0.6 is 11.6 Å². The number of aromatic nitrogens is 3. The van der Waals surface area contributed by atoms with Crippen LogP contribution in [0.25, 0.3) is 10.9 Å². The zero-order valence-electron chi connectivity index (χ0n) is 18.6. The number of halogens is 1. The SMILES string of the molecule is O=C(CN1CCN(C(=O)c2cc3ccccc3[nH]2)CC1)Nc1ccnn1Cc1ccccc1Cl. The van der Waals surface area contributed by atoms with Crippen LogP contribution in [0.1, 0.15) is 16.1 Å². The van der Waals surface area contributed by atoms with Gasteiger partial charge in [0.25, 0.3) is 5.91 Å². The van der Waals surface area contributed by atoms with Crippen LogP contribution in [0.3, 0.4) is 0 Å². The van der Waals surface area contributed by atoms with Crippen LogP contribution in [0.15, 0.2) is 66.9 Å². The highest BCUT2D eigenvalue weighted by Crippen LogP contribution is 2.19. The largest absolute Gasteiger partial charge is 0.351 e. The molecule has 2 amide bonds. The fraction of sp³-hybridized carbons (Fsp3) is 0.240. The second-order valence-electron chi connectivity index (χ2n) is 8.35. The molecule has 0 radical (unpaired) electrons. The molecular weight excluding hydrogens is 452 g/mol. The Labute approximate surface area is 202 Å². The number of hydrogen-bond acceptors (Lipinski definition) is 4. The van der Waals surface area contributed by atoms with Crippen molar-refractivity contribution in [1.29, 1.82) is 0 Å². The Bertz CT molecular complexity index is 1290. The van der Waals surface area contributed by atoms with Gasteiger partial charge in [0.1, 0.15) is 11.5 Å². The third-order valence-electron chi connectivity index (χ3n) is 6.05. The maximum atomic E-state index is 12.9. The first kappa shape index (κ1) is 22.2. The van der Waals surface area contributed by atoms with E-state index in [9.17, 15) is 9.59 Å². The Morgan fingerprint density at radius 2 is 1.76 bits per heavy atom. The Kier molecular flexibility index (Phi) is 6.33. The van der Waals surface area contributed by atoms with Gasteiger partial charge in [-0.2, -0.15) is 5.10 Å². The van der Waals surface area contributed by atoms with E-state index in [0.717, 1.165) is 16.5 Å². The van der Waals surface area contributed by atoms with E-state index in [0.29, 0.717) is 49.3 Å². The van der Waals surface area contributed by atoms with E-state index in [1.54, 1.807) is 16.9 Å². The van der Waals surface area contributed by atoms with Gasteiger partial charge in [0, 0.05) is 48.2 Å². The van der Waals surface area contributed by atoms with Crippen molar-refractivity contribution in [2.45, 2.75) is 6.54 Å². The van der Waals surface area contributed by atoms with Crippen molar-refractivity contribution in [3.63, 3.8) is 0 Å². The number of carbonyl (C=O) groups is 2. The van der Waals surface area contributed by atoms with Crippen molar-refractivity contribution in [3.8, 4) is 0 Å². The van der Waals surface area contributed by atoms with Crippen LogP contribution in [-0.2, 0) is 11.3 Å². The average Bonchev–Trinajstić information content (AvgIpc) is 3.47. The van der Waals surface area contributed by atoms with Crippen LogP contribution in [-0.4, -0.2) is 69.1 Å². The number of piperazine rings is 1. The number of benzene rings is 2. The molecule has 0 spiro atoms. The molecule has 0 saturated carbocycles. The topological polar surface area (TPSA) is 86.3 Å². The summed E-state index contributed by atoms with van der Waals surface area (Å²) in [5.74, 6) is 0.498. The van der Waals surface area contributed by atoms with Gasteiger partial charge in [0.05, 0.1) is 19.3 Å². The highest BCUT2D eigenvalue weighted by Gasteiger charge is 2.24. The van der Waals surface area contributed by atoms with Crippen molar-refractivity contribution < 1.29 is 9.59 Å². The summed E-state index contributed by atoms with van der Waals surface area (Å²) in [5.41, 5.74) is 2.48. The predicted octanol–water partition coefficient (Wildman–Crippen LogP) is 3.46. The third kappa shape index (κ3) is 4.83. The number of amides is 2. The predicted molar refractivity (Wildman–Crippen MR) is 132 cm³/mol. The van der Waals surface area contributed by atoms with Gasteiger partial charge in [-0.15, -0.1) is 0 Å². The molecule has 1 aliphatic heterocycles. The minimum Gasteiger partial charge on any atom is -0.351 e. The standard InChI is InChI=1S/C25H25ClN6O2/c26-20-7-3-1-6-19(20)16-32-23(9-10-27-32)29-24(33)17-30-11-13-31(14-12-30)25(34)22-15-18-5-2-4-8-21(18)28-22/h1-10,15,28H,11-14,16-17H2,(H,29,33). The Morgan fingerprint density at radius 3 is 2.56 bits per heavy atom. The second-order valence-corrected chi connectivity index (χ2v) is 8.76. The van der Waals surface area contributed by atoms with Gasteiger partial charge >= 0.3 is 0 Å². The summed E-state index contributed by atoms with van der Waals surface area (Å²) in [6, 6.07) is 19.1.